The van der Waals surface area contributed by atoms with Crippen molar-refractivity contribution in [2.24, 2.45) is 5.10 Å². The topological polar surface area (TPSA) is 63.1 Å². The molecule has 26 heavy (non-hydrogen) atoms. The molecule has 0 atom stereocenters. The number of anilines is 1. The molecular formula is C20H14ClN5. The average Bonchev–Trinajstić information content (AvgIpc) is 2.69. The fourth-order valence-electron chi connectivity index (χ4n) is 2.58. The summed E-state index contributed by atoms with van der Waals surface area (Å²) in [7, 11) is 0. The second-order valence-corrected chi connectivity index (χ2v) is 5.98. The molecule has 4 rings (SSSR count). The van der Waals surface area contributed by atoms with Gasteiger partial charge in [0.25, 0.3) is 0 Å². The van der Waals surface area contributed by atoms with Gasteiger partial charge in [-0.1, -0.05) is 48.0 Å². The number of pyridine rings is 1. The molecule has 0 aliphatic rings. The van der Waals surface area contributed by atoms with Crippen molar-refractivity contribution in [3.63, 3.8) is 0 Å². The van der Waals surface area contributed by atoms with E-state index in [0.717, 1.165) is 27.9 Å². The lowest BCUT2D eigenvalue weighted by atomic mass is 10.1. The molecule has 2 aromatic carbocycles. The first-order chi connectivity index (χ1) is 12.8. The standard InChI is InChI=1S/C20H14ClN5/c21-15-9-10-18-17(12-15)19(14-6-2-1-3-7-14)25-20(24-18)26-23-13-16-8-4-5-11-22-16/h1-13H,(H,24,25,26). The number of hydrogen-bond acceptors (Lipinski definition) is 5. The zero-order chi connectivity index (χ0) is 17.8. The first kappa shape index (κ1) is 16.2. The molecule has 0 spiro atoms. The lowest BCUT2D eigenvalue weighted by Gasteiger charge is -2.09. The Balaban J connectivity index is 1.74. The molecule has 0 saturated heterocycles. The Kier molecular flexibility index (Phi) is 4.53. The number of fused-ring (bicyclic) bond motifs is 1. The molecule has 0 saturated carbocycles. The van der Waals surface area contributed by atoms with Crippen LogP contribution in [0.1, 0.15) is 5.69 Å². The molecule has 6 heteroatoms. The summed E-state index contributed by atoms with van der Waals surface area (Å²) in [6, 6.07) is 21.1. The van der Waals surface area contributed by atoms with E-state index in [1.165, 1.54) is 0 Å². The predicted octanol–water partition coefficient (Wildman–Crippen LogP) is 4.79. The second-order valence-electron chi connectivity index (χ2n) is 5.55. The van der Waals surface area contributed by atoms with Gasteiger partial charge >= 0.3 is 0 Å². The van der Waals surface area contributed by atoms with Crippen molar-refractivity contribution in [2.45, 2.75) is 0 Å². The normalized spacial score (nSPS) is 11.1. The minimum atomic E-state index is 0.408. The Labute approximate surface area is 155 Å². The molecule has 1 N–H and O–H groups in total. The Morgan fingerprint density at radius 3 is 2.58 bits per heavy atom. The van der Waals surface area contributed by atoms with Gasteiger partial charge in [0.1, 0.15) is 0 Å². The molecule has 2 heterocycles. The summed E-state index contributed by atoms with van der Waals surface area (Å²) in [5.41, 5.74) is 6.21. The van der Waals surface area contributed by atoms with Crippen LogP contribution < -0.4 is 5.43 Å². The van der Waals surface area contributed by atoms with Gasteiger partial charge in [-0.3, -0.25) is 4.98 Å². The summed E-state index contributed by atoms with van der Waals surface area (Å²) in [5.74, 6) is 0.408. The maximum Gasteiger partial charge on any atom is 0.244 e. The summed E-state index contributed by atoms with van der Waals surface area (Å²) < 4.78 is 0. The third-order valence-corrected chi connectivity index (χ3v) is 3.99. The minimum Gasteiger partial charge on any atom is -0.255 e. The average molecular weight is 360 g/mol. The van der Waals surface area contributed by atoms with E-state index in [1.54, 1.807) is 12.4 Å². The van der Waals surface area contributed by atoms with Gasteiger partial charge in [-0.25, -0.2) is 15.4 Å². The van der Waals surface area contributed by atoms with Crippen molar-refractivity contribution in [1.29, 1.82) is 0 Å². The lowest BCUT2D eigenvalue weighted by molar-refractivity contribution is 1.15. The van der Waals surface area contributed by atoms with Crippen LogP contribution >= 0.6 is 11.6 Å². The van der Waals surface area contributed by atoms with Gasteiger partial charge in [-0.05, 0) is 30.3 Å². The van der Waals surface area contributed by atoms with Crippen LogP contribution in [0.4, 0.5) is 5.95 Å². The highest BCUT2D eigenvalue weighted by molar-refractivity contribution is 6.31. The summed E-state index contributed by atoms with van der Waals surface area (Å²) >= 11 is 6.17. The quantitative estimate of drug-likeness (QED) is 0.420. The number of rotatable bonds is 4. The number of aromatic nitrogens is 3. The maximum atomic E-state index is 6.17. The Bertz CT molecular complexity index is 1070. The largest absolute Gasteiger partial charge is 0.255 e. The highest BCUT2D eigenvalue weighted by Gasteiger charge is 2.10. The first-order valence-corrected chi connectivity index (χ1v) is 8.40. The third-order valence-electron chi connectivity index (χ3n) is 3.75. The molecule has 126 valence electrons. The van der Waals surface area contributed by atoms with Crippen LogP contribution in [0.25, 0.3) is 22.2 Å². The van der Waals surface area contributed by atoms with E-state index in [1.807, 2.05) is 66.7 Å². The van der Waals surface area contributed by atoms with Gasteiger partial charge in [0.2, 0.25) is 5.95 Å². The number of benzene rings is 2. The third kappa shape index (κ3) is 3.53. The van der Waals surface area contributed by atoms with Gasteiger partial charge < -0.3 is 0 Å². The number of nitrogens with zero attached hydrogens (tertiary/aromatic N) is 4. The summed E-state index contributed by atoms with van der Waals surface area (Å²) in [6.45, 7) is 0. The van der Waals surface area contributed by atoms with Crippen LogP contribution in [0.15, 0.2) is 78.0 Å². The van der Waals surface area contributed by atoms with Crippen molar-refractivity contribution in [1.82, 2.24) is 15.0 Å². The van der Waals surface area contributed by atoms with Crippen molar-refractivity contribution in [2.75, 3.05) is 5.43 Å². The molecule has 0 unspecified atom stereocenters. The molecule has 4 aromatic rings. The monoisotopic (exact) mass is 359 g/mol. The Morgan fingerprint density at radius 1 is 0.923 bits per heavy atom. The number of hydrazone groups is 1. The van der Waals surface area contributed by atoms with E-state index in [-0.39, 0.29) is 0 Å². The zero-order valence-corrected chi connectivity index (χ0v) is 14.4. The van der Waals surface area contributed by atoms with Crippen molar-refractivity contribution >= 4 is 34.7 Å². The van der Waals surface area contributed by atoms with Gasteiger partial charge in [-0.15, -0.1) is 0 Å². The number of nitrogens with one attached hydrogen (secondary N) is 1. The summed E-state index contributed by atoms with van der Waals surface area (Å²) in [4.78, 5) is 13.3. The van der Waals surface area contributed by atoms with Crippen LogP contribution in [-0.2, 0) is 0 Å². The molecule has 5 nitrogen and oxygen atoms in total. The Morgan fingerprint density at radius 2 is 1.77 bits per heavy atom. The fraction of sp³-hybridized carbons (Fsp3) is 0. The van der Waals surface area contributed by atoms with E-state index in [2.05, 4.69) is 25.5 Å². The number of hydrogen-bond donors (Lipinski definition) is 1. The molecular weight excluding hydrogens is 346 g/mol. The molecule has 2 aromatic heterocycles. The maximum absolute atomic E-state index is 6.17. The SMILES string of the molecule is Clc1ccc2nc(NN=Cc3ccccn3)nc(-c3ccccc3)c2c1. The fourth-order valence-corrected chi connectivity index (χ4v) is 2.75. The predicted molar refractivity (Wildman–Crippen MR) is 105 cm³/mol. The lowest BCUT2D eigenvalue weighted by Crippen LogP contribution is -2.00. The van der Waals surface area contributed by atoms with E-state index < -0.39 is 0 Å². The van der Waals surface area contributed by atoms with Gasteiger partial charge in [0, 0.05) is 22.2 Å². The minimum absolute atomic E-state index is 0.408. The van der Waals surface area contributed by atoms with Gasteiger partial charge in [0.05, 0.1) is 23.1 Å². The highest BCUT2D eigenvalue weighted by Crippen LogP contribution is 2.29. The van der Waals surface area contributed by atoms with Crippen LogP contribution in [0, 0.1) is 0 Å². The molecule has 0 amide bonds. The second kappa shape index (κ2) is 7.29. The van der Waals surface area contributed by atoms with Crippen LogP contribution in [0.5, 0.6) is 0 Å². The molecule has 0 aliphatic carbocycles. The zero-order valence-electron chi connectivity index (χ0n) is 13.7. The molecule has 0 fully saturated rings. The van der Waals surface area contributed by atoms with Crippen molar-refractivity contribution in [3.8, 4) is 11.3 Å². The van der Waals surface area contributed by atoms with E-state index in [4.69, 9.17) is 11.6 Å². The summed E-state index contributed by atoms with van der Waals surface area (Å²) in [6.07, 6.45) is 3.34. The van der Waals surface area contributed by atoms with E-state index >= 15 is 0 Å². The van der Waals surface area contributed by atoms with Crippen LogP contribution in [-0.4, -0.2) is 21.2 Å². The van der Waals surface area contributed by atoms with Crippen molar-refractivity contribution < 1.29 is 0 Å². The van der Waals surface area contributed by atoms with Crippen LogP contribution in [0.2, 0.25) is 5.02 Å². The summed E-state index contributed by atoms with van der Waals surface area (Å²) in [5, 5.41) is 5.72. The molecule has 0 aliphatic heterocycles. The van der Waals surface area contributed by atoms with E-state index in [0.29, 0.717) is 11.0 Å². The van der Waals surface area contributed by atoms with Gasteiger partial charge in [-0.2, -0.15) is 5.10 Å². The number of halogens is 1. The molecule has 0 radical (unpaired) electrons. The van der Waals surface area contributed by atoms with Gasteiger partial charge in [0.15, 0.2) is 0 Å². The highest BCUT2D eigenvalue weighted by atomic mass is 35.5. The first-order valence-electron chi connectivity index (χ1n) is 8.02. The Hall–Kier alpha value is -3.31. The van der Waals surface area contributed by atoms with E-state index in [9.17, 15) is 0 Å². The molecule has 0 bridgehead atoms. The van der Waals surface area contributed by atoms with Crippen molar-refractivity contribution in [3.05, 3.63) is 83.6 Å². The van der Waals surface area contributed by atoms with Crippen LogP contribution in [0.3, 0.4) is 0 Å². The smallest absolute Gasteiger partial charge is 0.244 e.